The van der Waals surface area contributed by atoms with Crippen LogP contribution in [0.25, 0.3) is 22.0 Å². The summed E-state index contributed by atoms with van der Waals surface area (Å²) >= 11 is 10.1. The lowest BCUT2D eigenvalue weighted by molar-refractivity contribution is 0.109. The van der Waals surface area contributed by atoms with Crippen molar-refractivity contribution in [1.29, 1.82) is 5.26 Å². The lowest BCUT2D eigenvalue weighted by atomic mass is 10.0. The van der Waals surface area contributed by atoms with Crippen LogP contribution in [-0.2, 0) is 6.54 Å². The molecule has 0 bridgehead atoms. The summed E-state index contributed by atoms with van der Waals surface area (Å²) in [4.78, 5) is 12.8. The number of rotatable bonds is 9. The van der Waals surface area contributed by atoms with Crippen LogP contribution in [0.3, 0.4) is 0 Å². The van der Waals surface area contributed by atoms with Gasteiger partial charge in [-0.1, -0.05) is 53.7 Å². The van der Waals surface area contributed by atoms with Crippen molar-refractivity contribution >= 4 is 57.0 Å². The lowest BCUT2D eigenvalue weighted by Crippen LogP contribution is -2.46. The van der Waals surface area contributed by atoms with Crippen LogP contribution >= 0.6 is 34.7 Å². The Kier molecular flexibility index (Phi) is 9.06. The summed E-state index contributed by atoms with van der Waals surface area (Å²) < 4.78 is 0. The first kappa shape index (κ1) is 28.7. The number of benzene rings is 3. The third kappa shape index (κ3) is 6.63. The summed E-state index contributed by atoms with van der Waals surface area (Å²) in [6.45, 7) is 5.95. The number of anilines is 2. The van der Waals surface area contributed by atoms with Crippen LogP contribution in [0.2, 0.25) is 5.02 Å². The summed E-state index contributed by atoms with van der Waals surface area (Å²) in [7, 11) is 0. The van der Waals surface area contributed by atoms with E-state index in [1.807, 2.05) is 42.5 Å². The highest BCUT2D eigenvalue weighted by molar-refractivity contribution is 7.99. The monoisotopic (exact) mass is 611 g/mol. The molecule has 0 spiro atoms. The fraction of sp³-hybridized carbons (Fsp3) is 0.212. The number of piperazine rings is 1. The van der Waals surface area contributed by atoms with E-state index < -0.39 is 0 Å². The van der Waals surface area contributed by atoms with Gasteiger partial charge in [0.05, 0.1) is 28.4 Å². The molecular formula is C33H30ClN5OS2. The molecule has 2 N–H and O–H groups in total. The zero-order chi connectivity index (χ0) is 28.9. The van der Waals surface area contributed by atoms with Gasteiger partial charge in [0, 0.05) is 71.2 Å². The number of aliphatic hydroxyl groups is 1. The van der Waals surface area contributed by atoms with E-state index in [1.165, 1.54) is 10.4 Å². The van der Waals surface area contributed by atoms with E-state index in [9.17, 15) is 10.4 Å². The van der Waals surface area contributed by atoms with Crippen LogP contribution < -0.4 is 5.32 Å². The second kappa shape index (κ2) is 13.3. The van der Waals surface area contributed by atoms with Gasteiger partial charge < -0.3 is 10.4 Å². The van der Waals surface area contributed by atoms with Crippen molar-refractivity contribution in [3.05, 3.63) is 99.8 Å². The zero-order valence-electron chi connectivity index (χ0n) is 23.0. The number of thiophene rings is 1. The molecule has 212 valence electrons. The SMILES string of the molecule is N#Cc1cnc2cc(-c3csc(CN4CCN(CCO)CC4)c3)ccc2c1Nc1ccc(Sc2ccccc2)c(Cl)c1. The van der Waals surface area contributed by atoms with Crippen molar-refractivity contribution in [2.24, 2.45) is 0 Å². The van der Waals surface area contributed by atoms with Crippen LogP contribution in [0, 0.1) is 11.3 Å². The summed E-state index contributed by atoms with van der Waals surface area (Å²) in [6.07, 6.45) is 1.63. The third-order valence-corrected chi connectivity index (χ3v) is 9.84. The fourth-order valence-corrected chi connectivity index (χ4v) is 7.23. The van der Waals surface area contributed by atoms with E-state index in [1.54, 1.807) is 29.3 Å². The summed E-state index contributed by atoms with van der Waals surface area (Å²) in [5, 5.41) is 26.2. The molecule has 1 aliphatic heterocycles. The van der Waals surface area contributed by atoms with Crippen molar-refractivity contribution in [2.75, 3.05) is 44.6 Å². The first-order valence-corrected chi connectivity index (χ1v) is 15.9. The smallest absolute Gasteiger partial charge is 0.103 e. The minimum atomic E-state index is 0.222. The fourth-order valence-electron chi connectivity index (χ4n) is 5.16. The Labute approximate surface area is 259 Å². The molecule has 2 aromatic heterocycles. The van der Waals surface area contributed by atoms with Gasteiger partial charge in [0.25, 0.3) is 0 Å². The van der Waals surface area contributed by atoms with Gasteiger partial charge in [-0.3, -0.25) is 14.8 Å². The molecule has 1 aliphatic rings. The number of aromatic nitrogens is 1. The van der Waals surface area contributed by atoms with Gasteiger partial charge in [-0.2, -0.15) is 5.26 Å². The molecule has 6 rings (SSSR count). The minimum Gasteiger partial charge on any atom is -0.395 e. The van der Waals surface area contributed by atoms with E-state index in [0.29, 0.717) is 10.6 Å². The topological polar surface area (TPSA) is 75.4 Å². The molecule has 0 atom stereocenters. The zero-order valence-corrected chi connectivity index (χ0v) is 25.4. The highest BCUT2D eigenvalue weighted by Crippen LogP contribution is 2.37. The number of halogens is 1. The number of nitrogens with zero attached hydrogens (tertiary/aromatic N) is 4. The van der Waals surface area contributed by atoms with Gasteiger partial charge in [0.15, 0.2) is 0 Å². The highest BCUT2D eigenvalue weighted by Gasteiger charge is 2.18. The molecule has 5 aromatic rings. The van der Waals surface area contributed by atoms with Crippen molar-refractivity contribution in [1.82, 2.24) is 14.8 Å². The number of aliphatic hydroxyl groups excluding tert-OH is 1. The van der Waals surface area contributed by atoms with Gasteiger partial charge in [0.1, 0.15) is 6.07 Å². The average Bonchev–Trinajstić information content (AvgIpc) is 3.48. The van der Waals surface area contributed by atoms with Gasteiger partial charge in [-0.25, -0.2) is 0 Å². The summed E-state index contributed by atoms with van der Waals surface area (Å²) in [6, 6.07) is 26.8. The molecule has 3 aromatic carbocycles. The summed E-state index contributed by atoms with van der Waals surface area (Å²) in [5.74, 6) is 0. The van der Waals surface area contributed by atoms with E-state index in [2.05, 4.69) is 61.9 Å². The number of nitriles is 1. The standard InChI is InChI=1S/C33H30ClN5OS2/c34-30-18-26(7-9-32(30)42-27-4-2-1-3-5-27)37-33-25(19-35)20-36-31-17-23(6-8-29(31)33)24-16-28(41-22-24)21-39-12-10-38(11-13-39)14-15-40/h1-9,16-18,20,22,40H,10-15,21H2,(H,36,37). The molecule has 0 aliphatic carbocycles. The summed E-state index contributed by atoms with van der Waals surface area (Å²) in [5.41, 5.74) is 5.11. The third-order valence-electron chi connectivity index (χ3n) is 7.41. The van der Waals surface area contributed by atoms with E-state index in [0.717, 1.165) is 76.9 Å². The molecule has 3 heterocycles. The van der Waals surface area contributed by atoms with E-state index >= 15 is 0 Å². The first-order valence-electron chi connectivity index (χ1n) is 13.9. The van der Waals surface area contributed by atoms with Crippen LogP contribution in [0.4, 0.5) is 11.4 Å². The lowest BCUT2D eigenvalue weighted by Gasteiger charge is -2.34. The number of pyridine rings is 1. The first-order chi connectivity index (χ1) is 20.6. The number of nitrogens with one attached hydrogen (secondary N) is 1. The molecule has 1 fully saturated rings. The molecule has 0 radical (unpaired) electrons. The quantitative estimate of drug-likeness (QED) is 0.179. The second-order valence-electron chi connectivity index (χ2n) is 10.2. The highest BCUT2D eigenvalue weighted by atomic mass is 35.5. The van der Waals surface area contributed by atoms with Crippen molar-refractivity contribution in [2.45, 2.75) is 16.3 Å². The van der Waals surface area contributed by atoms with Crippen LogP contribution in [0.5, 0.6) is 0 Å². The van der Waals surface area contributed by atoms with E-state index in [4.69, 9.17) is 11.6 Å². The van der Waals surface area contributed by atoms with Gasteiger partial charge in [0.2, 0.25) is 0 Å². The Morgan fingerprint density at radius 1 is 0.976 bits per heavy atom. The van der Waals surface area contributed by atoms with Gasteiger partial charge in [-0.05, 0) is 59.0 Å². The number of fused-ring (bicyclic) bond motifs is 1. The van der Waals surface area contributed by atoms with Gasteiger partial charge in [-0.15, -0.1) is 11.3 Å². The number of hydrogen-bond acceptors (Lipinski definition) is 8. The van der Waals surface area contributed by atoms with Crippen molar-refractivity contribution < 1.29 is 5.11 Å². The minimum absolute atomic E-state index is 0.222. The van der Waals surface area contributed by atoms with Crippen LogP contribution in [-0.4, -0.2) is 59.2 Å². The van der Waals surface area contributed by atoms with Crippen molar-refractivity contribution in [3.8, 4) is 17.2 Å². The maximum atomic E-state index is 9.85. The Hall–Kier alpha value is -3.42. The second-order valence-corrected chi connectivity index (χ2v) is 12.7. The molecule has 42 heavy (non-hydrogen) atoms. The molecule has 0 saturated carbocycles. The molecule has 1 saturated heterocycles. The van der Waals surface area contributed by atoms with Crippen LogP contribution in [0.15, 0.2) is 94.2 Å². The number of β-amino-alcohol motifs (C(OH)–C–C–N with tert-alkyl or cyclic N) is 1. The van der Waals surface area contributed by atoms with Crippen LogP contribution in [0.1, 0.15) is 10.4 Å². The largest absolute Gasteiger partial charge is 0.395 e. The number of hydrogen-bond donors (Lipinski definition) is 2. The molecule has 9 heteroatoms. The average molecular weight is 612 g/mol. The van der Waals surface area contributed by atoms with Gasteiger partial charge >= 0.3 is 0 Å². The molecular weight excluding hydrogens is 582 g/mol. The Morgan fingerprint density at radius 2 is 1.79 bits per heavy atom. The molecule has 0 amide bonds. The molecule has 6 nitrogen and oxygen atoms in total. The van der Waals surface area contributed by atoms with Crippen molar-refractivity contribution in [3.63, 3.8) is 0 Å². The normalized spacial score (nSPS) is 14.2. The maximum Gasteiger partial charge on any atom is 0.103 e. The molecule has 0 unspecified atom stereocenters. The predicted octanol–water partition coefficient (Wildman–Crippen LogP) is 7.49. The maximum absolute atomic E-state index is 9.85. The Bertz CT molecular complexity index is 1730. The Balaban J connectivity index is 1.20. The predicted molar refractivity (Wildman–Crippen MR) is 174 cm³/mol. The Morgan fingerprint density at radius 3 is 2.55 bits per heavy atom. The van der Waals surface area contributed by atoms with E-state index in [-0.39, 0.29) is 6.61 Å².